The molecule has 0 unspecified atom stereocenters. The van der Waals surface area contributed by atoms with Gasteiger partial charge in [0.15, 0.2) is 0 Å². The summed E-state index contributed by atoms with van der Waals surface area (Å²) in [6.07, 6.45) is 3.41. The van der Waals surface area contributed by atoms with Gasteiger partial charge in [-0.3, -0.25) is 4.79 Å². The minimum atomic E-state index is -0.0890. The molecule has 29 heavy (non-hydrogen) atoms. The number of carbonyl (C=O) groups excluding carboxylic acids is 1. The lowest BCUT2D eigenvalue weighted by molar-refractivity contribution is -0.115. The molecule has 2 aromatic carbocycles. The number of aromatic nitrogens is 4. The third-order valence-electron chi connectivity index (χ3n) is 4.22. The molecule has 0 aliphatic carbocycles. The lowest BCUT2D eigenvalue weighted by Gasteiger charge is -2.08. The monoisotopic (exact) mass is 389 g/mol. The topological polar surface area (TPSA) is 95.1 Å². The van der Waals surface area contributed by atoms with Gasteiger partial charge in [-0.2, -0.15) is 0 Å². The zero-order valence-corrected chi connectivity index (χ0v) is 15.6. The van der Waals surface area contributed by atoms with Gasteiger partial charge in [0.1, 0.15) is 18.7 Å². The van der Waals surface area contributed by atoms with E-state index in [1.54, 1.807) is 10.9 Å². The van der Waals surface area contributed by atoms with Gasteiger partial charge in [0.05, 0.1) is 25.0 Å². The second-order valence-electron chi connectivity index (χ2n) is 6.42. The van der Waals surface area contributed by atoms with Gasteiger partial charge in [0.2, 0.25) is 5.91 Å². The molecule has 1 amide bonds. The number of furan rings is 1. The summed E-state index contributed by atoms with van der Waals surface area (Å²) in [6, 6.07) is 18.8. The van der Waals surface area contributed by atoms with E-state index in [2.05, 4.69) is 20.8 Å². The van der Waals surface area contributed by atoms with Gasteiger partial charge in [0, 0.05) is 5.69 Å². The summed E-state index contributed by atoms with van der Waals surface area (Å²) in [6.45, 7) is 0.841. The fourth-order valence-electron chi connectivity index (χ4n) is 2.84. The first-order chi connectivity index (χ1) is 14.3. The standard InChI is InChI=1S/C21H19N5O3/c27-21(12-16-6-8-19(9-7-16)26-15-22-24-25-26)23-18-4-1-3-17(11-18)13-28-14-20-5-2-10-29-20/h1-11,15H,12-14H2,(H,23,27). The van der Waals surface area contributed by atoms with Crippen molar-refractivity contribution < 1.29 is 13.9 Å². The molecule has 2 aromatic heterocycles. The Morgan fingerprint density at radius 2 is 1.93 bits per heavy atom. The summed E-state index contributed by atoms with van der Waals surface area (Å²) < 4.78 is 12.4. The van der Waals surface area contributed by atoms with Crippen LogP contribution in [0.2, 0.25) is 0 Å². The van der Waals surface area contributed by atoms with Crippen LogP contribution in [-0.2, 0) is 29.2 Å². The Hall–Kier alpha value is -3.78. The molecule has 4 rings (SSSR count). The first-order valence-electron chi connectivity index (χ1n) is 9.07. The molecule has 4 aromatic rings. The lowest BCUT2D eigenvalue weighted by Crippen LogP contribution is -2.14. The largest absolute Gasteiger partial charge is 0.467 e. The third kappa shape index (κ3) is 5.14. The molecule has 1 N–H and O–H groups in total. The molecule has 146 valence electrons. The third-order valence-corrected chi connectivity index (χ3v) is 4.22. The van der Waals surface area contributed by atoms with Crippen molar-refractivity contribution in [3.63, 3.8) is 0 Å². The fraction of sp³-hybridized carbons (Fsp3) is 0.143. The number of tetrazole rings is 1. The summed E-state index contributed by atoms with van der Waals surface area (Å²) in [5, 5.41) is 14.0. The number of anilines is 1. The van der Waals surface area contributed by atoms with Gasteiger partial charge in [-0.05, 0) is 58.0 Å². The van der Waals surface area contributed by atoms with Crippen LogP contribution in [0.5, 0.6) is 0 Å². The summed E-state index contributed by atoms with van der Waals surface area (Å²) in [5.41, 5.74) is 3.44. The van der Waals surface area contributed by atoms with Gasteiger partial charge in [-0.1, -0.05) is 24.3 Å². The van der Waals surface area contributed by atoms with Gasteiger partial charge in [0.25, 0.3) is 0 Å². The maximum atomic E-state index is 12.4. The minimum Gasteiger partial charge on any atom is -0.467 e. The number of carbonyl (C=O) groups is 1. The van der Waals surface area contributed by atoms with E-state index in [0.29, 0.717) is 13.2 Å². The highest BCUT2D eigenvalue weighted by atomic mass is 16.5. The summed E-state index contributed by atoms with van der Waals surface area (Å²) in [4.78, 5) is 12.4. The van der Waals surface area contributed by atoms with Crippen LogP contribution in [-0.4, -0.2) is 26.1 Å². The molecule has 0 spiro atoms. The average Bonchev–Trinajstić information content (AvgIpc) is 3.43. The molecule has 8 nitrogen and oxygen atoms in total. The summed E-state index contributed by atoms with van der Waals surface area (Å²) >= 11 is 0. The van der Waals surface area contributed by atoms with E-state index in [0.717, 1.165) is 28.3 Å². The number of rotatable bonds is 8. The molecule has 0 saturated carbocycles. The molecule has 0 radical (unpaired) electrons. The minimum absolute atomic E-state index is 0.0890. The van der Waals surface area contributed by atoms with Crippen molar-refractivity contribution in [1.82, 2.24) is 20.2 Å². The maximum absolute atomic E-state index is 12.4. The Bertz CT molecular complexity index is 1040. The smallest absolute Gasteiger partial charge is 0.228 e. The van der Waals surface area contributed by atoms with Crippen molar-refractivity contribution in [3.8, 4) is 5.69 Å². The van der Waals surface area contributed by atoms with Crippen molar-refractivity contribution >= 4 is 11.6 Å². The second-order valence-corrected chi connectivity index (χ2v) is 6.42. The number of hydrogen-bond acceptors (Lipinski definition) is 6. The van der Waals surface area contributed by atoms with Crippen LogP contribution >= 0.6 is 0 Å². The number of nitrogens with zero attached hydrogens (tertiary/aromatic N) is 4. The first-order valence-corrected chi connectivity index (χ1v) is 9.07. The Kier molecular flexibility index (Phi) is 5.73. The SMILES string of the molecule is O=C(Cc1ccc(-n2cnnn2)cc1)Nc1cccc(COCc2ccco2)c1. The van der Waals surface area contributed by atoms with E-state index in [4.69, 9.17) is 9.15 Å². The van der Waals surface area contributed by atoms with Gasteiger partial charge < -0.3 is 14.5 Å². The molecule has 8 heteroatoms. The zero-order chi connectivity index (χ0) is 19.9. The number of nitrogens with one attached hydrogen (secondary N) is 1. The number of hydrogen-bond donors (Lipinski definition) is 1. The molecule has 0 saturated heterocycles. The number of ether oxygens (including phenoxy) is 1. The van der Waals surface area contributed by atoms with Crippen LogP contribution in [0.25, 0.3) is 5.69 Å². The summed E-state index contributed by atoms with van der Waals surface area (Å²) in [5.74, 6) is 0.689. The van der Waals surface area contributed by atoms with Crippen LogP contribution in [0.4, 0.5) is 5.69 Å². The Balaban J connectivity index is 1.30. The van der Waals surface area contributed by atoms with E-state index in [-0.39, 0.29) is 12.3 Å². The molecule has 2 heterocycles. The highest BCUT2D eigenvalue weighted by Crippen LogP contribution is 2.14. The molecule has 0 aliphatic heterocycles. The molecular weight excluding hydrogens is 370 g/mol. The summed E-state index contributed by atoms with van der Waals surface area (Å²) in [7, 11) is 0. The molecule has 0 aliphatic rings. The van der Waals surface area contributed by atoms with E-state index >= 15 is 0 Å². The molecule has 0 fully saturated rings. The van der Waals surface area contributed by atoms with E-state index in [1.807, 2.05) is 60.7 Å². The Morgan fingerprint density at radius 1 is 1.03 bits per heavy atom. The van der Waals surface area contributed by atoms with Crippen LogP contribution in [0.1, 0.15) is 16.9 Å². The first kappa shape index (κ1) is 18.6. The highest BCUT2D eigenvalue weighted by molar-refractivity contribution is 5.92. The second kappa shape index (κ2) is 8.94. The van der Waals surface area contributed by atoms with E-state index in [9.17, 15) is 4.79 Å². The number of benzene rings is 2. The lowest BCUT2D eigenvalue weighted by atomic mass is 10.1. The van der Waals surface area contributed by atoms with Crippen LogP contribution < -0.4 is 5.32 Å². The quantitative estimate of drug-likeness (QED) is 0.497. The molecule has 0 atom stereocenters. The van der Waals surface area contributed by atoms with Crippen LogP contribution in [0, 0.1) is 0 Å². The molecular formula is C21H19N5O3. The van der Waals surface area contributed by atoms with Crippen molar-refractivity contribution in [1.29, 1.82) is 0 Å². The molecule has 0 bridgehead atoms. The van der Waals surface area contributed by atoms with Crippen LogP contribution in [0.3, 0.4) is 0 Å². The van der Waals surface area contributed by atoms with Crippen LogP contribution in [0.15, 0.2) is 77.7 Å². The van der Waals surface area contributed by atoms with Crippen molar-refractivity contribution in [2.45, 2.75) is 19.6 Å². The predicted molar refractivity (Wildman–Crippen MR) is 105 cm³/mol. The van der Waals surface area contributed by atoms with Crippen molar-refractivity contribution in [3.05, 3.63) is 90.1 Å². The van der Waals surface area contributed by atoms with E-state index in [1.165, 1.54) is 6.33 Å². The Labute approximate surface area is 167 Å². The van der Waals surface area contributed by atoms with Crippen molar-refractivity contribution in [2.24, 2.45) is 0 Å². The Morgan fingerprint density at radius 3 is 2.69 bits per heavy atom. The normalized spacial score (nSPS) is 10.8. The van der Waals surface area contributed by atoms with Gasteiger partial charge in [-0.25, -0.2) is 4.68 Å². The fourth-order valence-corrected chi connectivity index (χ4v) is 2.84. The zero-order valence-electron chi connectivity index (χ0n) is 15.6. The number of amides is 1. The average molecular weight is 389 g/mol. The maximum Gasteiger partial charge on any atom is 0.228 e. The highest BCUT2D eigenvalue weighted by Gasteiger charge is 2.06. The van der Waals surface area contributed by atoms with E-state index < -0.39 is 0 Å². The predicted octanol–water partition coefficient (Wildman–Crippen LogP) is 3.15. The van der Waals surface area contributed by atoms with Gasteiger partial charge >= 0.3 is 0 Å². The van der Waals surface area contributed by atoms with Crippen molar-refractivity contribution in [2.75, 3.05) is 5.32 Å². The van der Waals surface area contributed by atoms with Gasteiger partial charge in [-0.15, -0.1) is 5.10 Å².